The van der Waals surface area contributed by atoms with Crippen molar-refractivity contribution in [3.05, 3.63) is 83.9 Å². The van der Waals surface area contributed by atoms with Crippen LogP contribution in [0.4, 0.5) is 0 Å². The molecule has 0 atom stereocenters. The van der Waals surface area contributed by atoms with Crippen molar-refractivity contribution in [1.29, 1.82) is 0 Å². The van der Waals surface area contributed by atoms with Crippen LogP contribution in [-0.2, 0) is 6.42 Å². The van der Waals surface area contributed by atoms with E-state index in [9.17, 15) is 0 Å². The summed E-state index contributed by atoms with van der Waals surface area (Å²) >= 11 is 0. The van der Waals surface area contributed by atoms with E-state index in [-0.39, 0.29) is 0 Å². The number of furan rings is 1. The molecule has 0 unspecified atom stereocenters. The first-order valence-corrected chi connectivity index (χ1v) is 7.59. The lowest BCUT2D eigenvalue weighted by Gasteiger charge is -2.07. The molecule has 5 aromatic rings. The Bertz CT molecular complexity index is 1090. The van der Waals surface area contributed by atoms with E-state index in [1.54, 1.807) is 0 Å². The third kappa shape index (κ3) is 1.59. The van der Waals surface area contributed by atoms with Crippen LogP contribution in [0.5, 0.6) is 0 Å². The van der Waals surface area contributed by atoms with Crippen LogP contribution in [0.15, 0.2) is 77.2 Å². The minimum Gasteiger partial charge on any atom is -0.456 e. The number of rotatable bonds is 2. The normalized spacial score (nSPS) is 11.8. The Morgan fingerprint density at radius 1 is 0.636 bits per heavy atom. The summed E-state index contributed by atoms with van der Waals surface area (Å²) < 4.78 is 6.02. The Balaban J connectivity index is 1.82. The molecule has 4 aromatic carbocycles. The molecule has 22 heavy (non-hydrogen) atoms. The second-order valence-corrected chi connectivity index (χ2v) is 5.83. The monoisotopic (exact) mass is 282 g/mol. The average molecular weight is 282 g/mol. The van der Waals surface area contributed by atoms with Gasteiger partial charge in [-0.3, -0.25) is 0 Å². The largest absolute Gasteiger partial charge is 0.456 e. The maximum atomic E-state index is 6.02. The van der Waals surface area contributed by atoms with Gasteiger partial charge in [-0.25, -0.2) is 0 Å². The van der Waals surface area contributed by atoms with Gasteiger partial charge in [-0.2, -0.15) is 0 Å². The minimum atomic E-state index is 0.950. The summed E-state index contributed by atoms with van der Waals surface area (Å²) in [6, 6.07) is 25.6. The third-order valence-electron chi connectivity index (χ3n) is 4.49. The summed E-state index contributed by atoms with van der Waals surface area (Å²) in [7, 11) is 0. The van der Waals surface area contributed by atoms with Gasteiger partial charge < -0.3 is 4.42 Å². The molecule has 0 aliphatic heterocycles. The molecule has 0 aliphatic rings. The second-order valence-electron chi connectivity index (χ2n) is 5.83. The van der Waals surface area contributed by atoms with Gasteiger partial charge in [0.2, 0.25) is 0 Å². The van der Waals surface area contributed by atoms with E-state index in [0.717, 1.165) is 17.6 Å². The number of benzene rings is 4. The van der Waals surface area contributed by atoms with E-state index in [1.165, 1.54) is 32.7 Å². The molecular formula is C21H14O. The highest BCUT2D eigenvalue weighted by Gasteiger charge is 2.14. The van der Waals surface area contributed by atoms with Crippen LogP contribution in [0.1, 0.15) is 11.1 Å². The molecule has 0 amide bonds. The van der Waals surface area contributed by atoms with Crippen molar-refractivity contribution in [3.63, 3.8) is 0 Å². The lowest BCUT2D eigenvalue weighted by Crippen LogP contribution is -1.89. The van der Waals surface area contributed by atoms with Gasteiger partial charge in [-0.15, -0.1) is 0 Å². The third-order valence-corrected chi connectivity index (χ3v) is 4.49. The van der Waals surface area contributed by atoms with Gasteiger partial charge in [0.05, 0.1) is 0 Å². The predicted octanol–water partition coefficient (Wildman–Crippen LogP) is 5.77. The Morgan fingerprint density at radius 3 is 2.41 bits per heavy atom. The zero-order valence-corrected chi connectivity index (χ0v) is 12.0. The molecule has 0 saturated heterocycles. The SMILES string of the molecule is c1ccc(Cc2ccc3oc4cccc5ccc2c3c54)cc1. The molecule has 1 heteroatoms. The molecule has 0 fully saturated rings. The van der Waals surface area contributed by atoms with Gasteiger partial charge in [0.15, 0.2) is 0 Å². The fourth-order valence-electron chi connectivity index (χ4n) is 3.48. The van der Waals surface area contributed by atoms with Gasteiger partial charge in [0.25, 0.3) is 0 Å². The van der Waals surface area contributed by atoms with E-state index in [2.05, 4.69) is 72.8 Å². The fourth-order valence-corrected chi connectivity index (χ4v) is 3.48. The Kier molecular flexibility index (Phi) is 2.33. The first-order valence-electron chi connectivity index (χ1n) is 7.59. The van der Waals surface area contributed by atoms with Crippen molar-refractivity contribution in [2.45, 2.75) is 6.42 Å². The summed E-state index contributed by atoms with van der Waals surface area (Å²) in [5.41, 5.74) is 4.66. The molecule has 0 aliphatic carbocycles. The predicted molar refractivity (Wildman–Crippen MR) is 91.7 cm³/mol. The van der Waals surface area contributed by atoms with Crippen LogP contribution in [0.2, 0.25) is 0 Å². The zero-order valence-electron chi connectivity index (χ0n) is 12.0. The zero-order chi connectivity index (χ0) is 14.5. The standard InChI is InChI=1S/C21H14O/c1-2-5-14(6-3-1)13-16-10-12-19-21-17(16)11-9-15-7-4-8-18(22-19)20(15)21/h1-12H,13H2. The van der Waals surface area contributed by atoms with Crippen molar-refractivity contribution in [2.24, 2.45) is 0 Å². The minimum absolute atomic E-state index is 0.950. The maximum Gasteiger partial charge on any atom is 0.136 e. The van der Waals surface area contributed by atoms with Crippen LogP contribution < -0.4 is 0 Å². The summed E-state index contributed by atoms with van der Waals surface area (Å²) in [4.78, 5) is 0. The topological polar surface area (TPSA) is 13.1 Å². The van der Waals surface area contributed by atoms with E-state index in [0.29, 0.717) is 0 Å². The van der Waals surface area contributed by atoms with Crippen molar-refractivity contribution < 1.29 is 4.42 Å². The van der Waals surface area contributed by atoms with Crippen molar-refractivity contribution in [1.82, 2.24) is 0 Å². The molecule has 1 heterocycles. The van der Waals surface area contributed by atoms with E-state index >= 15 is 0 Å². The van der Waals surface area contributed by atoms with E-state index in [1.807, 2.05) is 0 Å². The summed E-state index contributed by atoms with van der Waals surface area (Å²) in [5, 5.41) is 5.07. The Morgan fingerprint density at radius 2 is 1.50 bits per heavy atom. The summed E-state index contributed by atoms with van der Waals surface area (Å²) in [6.45, 7) is 0. The van der Waals surface area contributed by atoms with Crippen LogP contribution in [0.3, 0.4) is 0 Å². The molecule has 0 N–H and O–H groups in total. The fraction of sp³-hybridized carbons (Fsp3) is 0.0476. The first kappa shape index (κ1) is 11.8. The molecule has 5 rings (SSSR count). The lowest BCUT2D eigenvalue weighted by atomic mass is 9.95. The maximum absolute atomic E-state index is 6.02. The smallest absolute Gasteiger partial charge is 0.136 e. The quantitative estimate of drug-likeness (QED) is 0.375. The summed E-state index contributed by atoms with van der Waals surface area (Å²) in [6.07, 6.45) is 0.950. The molecule has 104 valence electrons. The number of hydrogen-bond acceptors (Lipinski definition) is 1. The second kappa shape index (κ2) is 4.35. The molecule has 0 bridgehead atoms. The van der Waals surface area contributed by atoms with Crippen molar-refractivity contribution >= 4 is 32.7 Å². The molecule has 1 aromatic heterocycles. The van der Waals surface area contributed by atoms with Crippen LogP contribution in [0.25, 0.3) is 32.7 Å². The van der Waals surface area contributed by atoms with E-state index < -0.39 is 0 Å². The highest BCUT2D eigenvalue weighted by molar-refractivity contribution is 6.22. The lowest BCUT2D eigenvalue weighted by molar-refractivity contribution is 0.669. The molecule has 1 nitrogen and oxygen atoms in total. The highest BCUT2D eigenvalue weighted by atomic mass is 16.3. The number of hydrogen-bond donors (Lipinski definition) is 0. The molecule has 0 saturated carbocycles. The van der Waals surface area contributed by atoms with Gasteiger partial charge >= 0.3 is 0 Å². The molecule has 0 radical (unpaired) electrons. The Hall–Kier alpha value is -2.80. The van der Waals surface area contributed by atoms with Gasteiger partial charge in [0.1, 0.15) is 11.2 Å². The van der Waals surface area contributed by atoms with Gasteiger partial charge in [-0.05, 0) is 40.5 Å². The average Bonchev–Trinajstić information content (AvgIpc) is 2.95. The van der Waals surface area contributed by atoms with E-state index in [4.69, 9.17) is 4.42 Å². The van der Waals surface area contributed by atoms with Gasteiger partial charge in [-0.1, -0.05) is 60.7 Å². The van der Waals surface area contributed by atoms with Crippen molar-refractivity contribution in [3.8, 4) is 0 Å². The molecule has 0 spiro atoms. The highest BCUT2D eigenvalue weighted by Crippen LogP contribution is 2.38. The molecular weight excluding hydrogens is 268 g/mol. The van der Waals surface area contributed by atoms with Crippen LogP contribution in [0, 0.1) is 0 Å². The Labute approximate surface area is 128 Å². The summed E-state index contributed by atoms with van der Waals surface area (Å²) in [5.74, 6) is 0. The van der Waals surface area contributed by atoms with Crippen molar-refractivity contribution in [2.75, 3.05) is 0 Å². The van der Waals surface area contributed by atoms with Gasteiger partial charge in [0, 0.05) is 10.8 Å². The first-order chi connectivity index (χ1) is 10.9. The van der Waals surface area contributed by atoms with Crippen LogP contribution in [-0.4, -0.2) is 0 Å². The van der Waals surface area contributed by atoms with Crippen LogP contribution >= 0.6 is 0 Å².